The number of Topliss-reactive ketones (excluding diaryl/α,β-unsaturated/α-hetero) is 1. The minimum Gasteiger partial charge on any atom is -0.507 e. The van der Waals surface area contributed by atoms with Crippen molar-refractivity contribution in [1.29, 1.82) is 0 Å². The number of ketones is 1. The summed E-state index contributed by atoms with van der Waals surface area (Å²) >= 11 is 0. The molecule has 5 nitrogen and oxygen atoms in total. The molecule has 1 aliphatic rings. The molecule has 0 aromatic heterocycles. The van der Waals surface area contributed by atoms with Crippen molar-refractivity contribution in [2.75, 3.05) is 13.7 Å². The van der Waals surface area contributed by atoms with E-state index in [0.29, 0.717) is 17.9 Å². The number of likely N-dealkylation sites (tertiary alicyclic amines) is 1. The highest BCUT2D eigenvalue weighted by Crippen LogP contribution is 2.40. The fraction of sp³-hybridized carbons (Fsp3) is 0.333. The molecule has 0 aliphatic carbocycles. The average Bonchev–Trinajstić information content (AvgIpc) is 3.01. The first kappa shape index (κ1) is 20.6. The molecule has 1 heterocycles. The molecule has 1 aliphatic heterocycles. The van der Waals surface area contributed by atoms with E-state index in [1.54, 1.807) is 36.3 Å². The quantitative estimate of drug-likeness (QED) is 0.306. The molecule has 1 saturated heterocycles. The molecule has 1 amide bonds. The number of nitrogens with zero attached hydrogens (tertiary/aromatic N) is 1. The maximum Gasteiger partial charge on any atom is 0.295 e. The second kappa shape index (κ2) is 9.41. The van der Waals surface area contributed by atoms with Gasteiger partial charge in [-0.2, -0.15) is 0 Å². The monoisotopic (exact) mass is 393 g/mol. The van der Waals surface area contributed by atoms with E-state index in [9.17, 15) is 14.7 Å². The number of unbranched alkanes of at least 4 members (excludes halogenated alkanes) is 3. The van der Waals surface area contributed by atoms with Crippen molar-refractivity contribution in [3.05, 3.63) is 71.3 Å². The number of aliphatic hydroxyl groups is 1. The van der Waals surface area contributed by atoms with E-state index in [0.717, 1.165) is 31.2 Å². The molecule has 29 heavy (non-hydrogen) atoms. The molecular weight excluding hydrogens is 366 g/mol. The topological polar surface area (TPSA) is 66.8 Å². The zero-order valence-corrected chi connectivity index (χ0v) is 16.9. The molecule has 0 spiro atoms. The van der Waals surface area contributed by atoms with E-state index in [4.69, 9.17) is 4.74 Å². The van der Waals surface area contributed by atoms with Crippen molar-refractivity contribution in [3.8, 4) is 5.75 Å². The van der Waals surface area contributed by atoms with Gasteiger partial charge in [-0.1, -0.05) is 68.7 Å². The van der Waals surface area contributed by atoms with E-state index < -0.39 is 17.7 Å². The Labute approximate surface area is 171 Å². The SMILES string of the molecule is CCCCCCN1C(=O)C(=O)/C(=C(/O)c2ccccc2)[C@@H]1c1cccc(OC)c1. The lowest BCUT2D eigenvalue weighted by molar-refractivity contribution is -0.139. The van der Waals surface area contributed by atoms with E-state index in [2.05, 4.69) is 6.92 Å². The van der Waals surface area contributed by atoms with Gasteiger partial charge in [0.2, 0.25) is 0 Å². The van der Waals surface area contributed by atoms with Crippen molar-refractivity contribution >= 4 is 17.4 Å². The summed E-state index contributed by atoms with van der Waals surface area (Å²) in [5.41, 5.74) is 1.39. The van der Waals surface area contributed by atoms with E-state index in [1.807, 2.05) is 30.3 Å². The number of carbonyl (C=O) groups is 2. The van der Waals surface area contributed by atoms with Gasteiger partial charge in [0.1, 0.15) is 11.5 Å². The van der Waals surface area contributed by atoms with Crippen molar-refractivity contribution in [2.45, 2.75) is 38.6 Å². The molecule has 1 fully saturated rings. The molecule has 1 N–H and O–H groups in total. The van der Waals surface area contributed by atoms with Crippen molar-refractivity contribution < 1.29 is 19.4 Å². The molecule has 2 aromatic rings. The third kappa shape index (κ3) is 4.34. The van der Waals surface area contributed by atoms with Crippen molar-refractivity contribution in [2.24, 2.45) is 0 Å². The largest absolute Gasteiger partial charge is 0.507 e. The summed E-state index contributed by atoms with van der Waals surface area (Å²) in [7, 11) is 1.57. The Morgan fingerprint density at radius 2 is 1.79 bits per heavy atom. The minimum atomic E-state index is -0.644. The number of ether oxygens (including phenoxy) is 1. The van der Waals surface area contributed by atoms with Gasteiger partial charge in [0.15, 0.2) is 0 Å². The normalized spacial score (nSPS) is 18.3. The molecule has 3 rings (SSSR count). The molecule has 0 unspecified atom stereocenters. The molecule has 0 bridgehead atoms. The van der Waals surface area contributed by atoms with Crippen LogP contribution in [0, 0.1) is 0 Å². The van der Waals surface area contributed by atoms with Crippen LogP contribution in [0.2, 0.25) is 0 Å². The van der Waals surface area contributed by atoms with Crippen LogP contribution in [-0.4, -0.2) is 35.4 Å². The first-order valence-electron chi connectivity index (χ1n) is 10.1. The van der Waals surface area contributed by atoms with Crippen LogP contribution in [0.5, 0.6) is 5.75 Å². The number of aliphatic hydroxyl groups excluding tert-OH is 1. The van der Waals surface area contributed by atoms with Gasteiger partial charge in [-0.15, -0.1) is 0 Å². The molecule has 1 atom stereocenters. The van der Waals surface area contributed by atoms with Gasteiger partial charge in [0.05, 0.1) is 18.7 Å². The minimum absolute atomic E-state index is 0.130. The molecule has 5 heteroatoms. The van der Waals surface area contributed by atoms with E-state index in [-0.39, 0.29) is 11.3 Å². The van der Waals surface area contributed by atoms with Crippen LogP contribution < -0.4 is 4.74 Å². The van der Waals surface area contributed by atoms with Crippen LogP contribution in [0.4, 0.5) is 0 Å². The Balaban J connectivity index is 2.07. The first-order valence-corrected chi connectivity index (χ1v) is 10.1. The Hall–Kier alpha value is -3.08. The second-order valence-corrected chi connectivity index (χ2v) is 7.20. The maximum absolute atomic E-state index is 12.9. The van der Waals surface area contributed by atoms with Crippen LogP contribution in [-0.2, 0) is 9.59 Å². The lowest BCUT2D eigenvalue weighted by Crippen LogP contribution is -2.30. The summed E-state index contributed by atoms with van der Waals surface area (Å²) in [5, 5.41) is 10.9. The summed E-state index contributed by atoms with van der Waals surface area (Å²) in [6.45, 7) is 2.60. The van der Waals surface area contributed by atoms with Crippen molar-refractivity contribution in [3.63, 3.8) is 0 Å². The zero-order chi connectivity index (χ0) is 20.8. The van der Waals surface area contributed by atoms with Gasteiger partial charge in [0, 0.05) is 12.1 Å². The lowest BCUT2D eigenvalue weighted by Gasteiger charge is -2.25. The smallest absolute Gasteiger partial charge is 0.295 e. The molecule has 0 saturated carbocycles. The number of hydrogen-bond acceptors (Lipinski definition) is 4. The van der Waals surface area contributed by atoms with Gasteiger partial charge in [-0.3, -0.25) is 9.59 Å². The number of benzene rings is 2. The van der Waals surface area contributed by atoms with Gasteiger partial charge >= 0.3 is 0 Å². The third-order valence-electron chi connectivity index (χ3n) is 5.25. The number of hydrogen-bond donors (Lipinski definition) is 1. The van der Waals surface area contributed by atoms with Gasteiger partial charge in [-0.25, -0.2) is 0 Å². The summed E-state index contributed by atoms with van der Waals surface area (Å²) in [4.78, 5) is 27.4. The lowest BCUT2D eigenvalue weighted by atomic mass is 9.95. The van der Waals surface area contributed by atoms with E-state index >= 15 is 0 Å². The highest BCUT2D eigenvalue weighted by Gasteiger charge is 2.45. The third-order valence-corrected chi connectivity index (χ3v) is 5.25. The van der Waals surface area contributed by atoms with Crippen LogP contribution in [0.1, 0.15) is 49.8 Å². The maximum atomic E-state index is 12.9. The van der Waals surface area contributed by atoms with Gasteiger partial charge in [0.25, 0.3) is 11.7 Å². The van der Waals surface area contributed by atoms with Crippen LogP contribution in [0.15, 0.2) is 60.2 Å². The fourth-order valence-corrected chi connectivity index (χ4v) is 3.73. The standard InChI is InChI=1S/C24H27NO4/c1-3-4-5-9-15-25-21(18-13-10-14-19(16-18)29-2)20(23(27)24(25)28)22(26)17-11-7-6-8-12-17/h6-8,10-14,16,21,26H,3-5,9,15H2,1-2H3/b22-20+/t21-/m0/s1. The van der Waals surface area contributed by atoms with Gasteiger partial charge < -0.3 is 14.7 Å². The van der Waals surface area contributed by atoms with Gasteiger partial charge in [-0.05, 0) is 24.1 Å². The summed E-state index contributed by atoms with van der Waals surface area (Å²) in [5.74, 6) is -0.715. The van der Waals surface area contributed by atoms with Crippen molar-refractivity contribution in [1.82, 2.24) is 4.90 Å². The Bertz CT molecular complexity index is 904. The number of rotatable bonds is 8. The number of amides is 1. The Morgan fingerprint density at radius 3 is 2.48 bits per heavy atom. The summed E-state index contributed by atoms with van der Waals surface area (Å²) < 4.78 is 5.33. The highest BCUT2D eigenvalue weighted by molar-refractivity contribution is 6.46. The van der Waals surface area contributed by atoms with Crippen LogP contribution >= 0.6 is 0 Å². The Morgan fingerprint density at radius 1 is 1.03 bits per heavy atom. The van der Waals surface area contributed by atoms with E-state index in [1.165, 1.54) is 0 Å². The summed E-state index contributed by atoms with van der Waals surface area (Å²) in [6, 6.07) is 15.5. The average molecular weight is 393 g/mol. The summed E-state index contributed by atoms with van der Waals surface area (Å²) in [6.07, 6.45) is 3.97. The zero-order valence-electron chi connectivity index (χ0n) is 16.9. The second-order valence-electron chi connectivity index (χ2n) is 7.20. The predicted molar refractivity (Wildman–Crippen MR) is 113 cm³/mol. The van der Waals surface area contributed by atoms with Crippen LogP contribution in [0.25, 0.3) is 5.76 Å². The molecular formula is C24H27NO4. The number of methoxy groups -OCH3 is 1. The first-order chi connectivity index (χ1) is 14.1. The fourth-order valence-electron chi connectivity index (χ4n) is 3.73. The molecule has 152 valence electrons. The molecule has 0 radical (unpaired) electrons. The predicted octanol–water partition coefficient (Wildman–Crippen LogP) is 4.70. The Kier molecular flexibility index (Phi) is 6.70. The highest BCUT2D eigenvalue weighted by atomic mass is 16.5. The molecule has 2 aromatic carbocycles. The number of carbonyl (C=O) groups excluding carboxylic acids is 2. The van der Waals surface area contributed by atoms with Crippen LogP contribution in [0.3, 0.4) is 0 Å².